The summed E-state index contributed by atoms with van der Waals surface area (Å²) in [6.07, 6.45) is 0.369. The van der Waals surface area contributed by atoms with E-state index >= 15 is 0 Å². The van der Waals surface area contributed by atoms with Crippen molar-refractivity contribution in [2.75, 3.05) is 0 Å². The molecule has 3 heteroatoms. The van der Waals surface area contributed by atoms with Crippen LogP contribution in [0.15, 0.2) is 0 Å². The minimum absolute atomic E-state index is 0.0255. The van der Waals surface area contributed by atoms with Crippen molar-refractivity contribution in [1.82, 2.24) is 0 Å². The first-order valence-electron chi connectivity index (χ1n) is 4.57. The third kappa shape index (κ3) is 1.90. The number of carbonyl (C=O) groups is 2. The van der Waals surface area contributed by atoms with E-state index in [9.17, 15) is 9.59 Å². The maximum Gasteiger partial charge on any atom is 0.306 e. The van der Waals surface area contributed by atoms with E-state index in [1.807, 2.05) is 20.8 Å². The van der Waals surface area contributed by atoms with Gasteiger partial charge in [-0.2, -0.15) is 0 Å². The van der Waals surface area contributed by atoms with Crippen LogP contribution in [-0.2, 0) is 14.3 Å². The summed E-state index contributed by atoms with van der Waals surface area (Å²) in [6.45, 7) is 7.14. The van der Waals surface area contributed by atoms with E-state index in [4.69, 9.17) is 4.74 Å². The Kier molecular flexibility index (Phi) is 2.46. The van der Waals surface area contributed by atoms with Crippen LogP contribution in [0, 0.1) is 11.8 Å². The van der Waals surface area contributed by atoms with Crippen LogP contribution in [0.25, 0.3) is 0 Å². The fourth-order valence-electron chi connectivity index (χ4n) is 1.90. The molecule has 13 heavy (non-hydrogen) atoms. The first-order chi connectivity index (χ1) is 5.84. The van der Waals surface area contributed by atoms with Gasteiger partial charge in [0.1, 0.15) is 11.4 Å². The van der Waals surface area contributed by atoms with Crippen LogP contribution in [0.5, 0.6) is 0 Å². The first kappa shape index (κ1) is 10.2. The Bertz CT molecular complexity index is 243. The first-order valence-corrected chi connectivity index (χ1v) is 4.57. The highest BCUT2D eigenvalue weighted by Crippen LogP contribution is 2.37. The van der Waals surface area contributed by atoms with Crippen molar-refractivity contribution in [3.63, 3.8) is 0 Å². The lowest BCUT2D eigenvalue weighted by Gasteiger charge is -2.28. The maximum atomic E-state index is 11.2. The molecule has 0 N–H and O–H groups in total. The smallest absolute Gasteiger partial charge is 0.306 e. The summed E-state index contributed by atoms with van der Waals surface area (Å²) in [7, 11) is 0. The highest BCUT2D eigenvalue weighted by atomic mass is 16.6. The van der Waals surface area contributed by atoms with Crippen LogP contribution < -0.4 is 0 Å². The van der Waals surface area contributed by atoms with Gasteiger partial charge in [-0.1, -0.05) is 6.92 Å². The summed E-state index contributed by atoms with van der Waals surface area (Å²) >= 11 is 0. The summed E-state index contributed by atoms with van der Waals surface area (Å²) in [4.78, 5) is 22.2. The average molecular weight is 184 g/mol. The Morgan fingerprint density at radius 2 is 2.15 bits per heavy atom. The number of carbonyl (C=O) groups excluding carboxylic acids is 2. The van der Waals surface area contributed by atoms with Gasteiger partial charge in [-0.3, -0.25) is 9.59 Å². The van der Waals surface area contributed by atoms with E-state index in [0.29, 0.717) is 6.42 Å². The lowest BCUT2D eigenvalue weighted by atomic mass is 9.79. The van der Waals surface area contributed by atoms with Crippen molar-refractivity contribution in [2.45, 2.75) is 39.7 Å². The quantitative estimate of drug-likeness (QED) is 0.611. The zero-order valence-corrected chi connectivity index (χ0v) is 8.59. The molecule has 0 saturated carbocycles. The molecule has 0 amide bonds. The van der Waals surface area contributed by atoms with Gasteiger partial charge >= 0.3 is 5.97 Å². The van der Waals surface area contributed by atoms with Gasteiger partial charge in [0, 0.05) is 11.8 Å². The van der Waals surface area contributed by atoms with E-state index in [-0.39, 0.29) is 23.6 Å². The Morgan fingerprint density at radius 1 is 1.62 bits per heavy atom. The standard InChI is InChI=1S/C10H16O3/c1-6(7(2)11)8-5-9(12)13-10(8,3)4/h6,8H,5H2,1-4H3. The summed E-state index contributed by atoms with van der Waals surface area (Å²) in [5, 5.41) is 0. The van der Waals surface area contributed by atoms with Crippen molar-refractivity contribution < 1.29 is 14.3 Å². The molecule has 0 aliphatic carbocycles. The minimum atomic E-state index is -0.484. The second kappa shape index (κ2) is 3.13. The van der Waals surface area contributed by atoms with Gasteiger partial charge in [0.25, 0.3) is 0 Å². The van der Waals surface area contributed by atoms with E-state index in [1.165, 1.54) is 0 Å². The molecule has 74 valence electrons. The highest BCUT2D eigenvalue weighted by Gasteiger charge is 2.45. The lowest BCUT2D eigenvalue weighted by molar-refractivity contribution is -0.147. The maximum absolute atomic E-state index is 11.2. The molecule has 0 aromatic rings. The van der Waals surface area contributed by atoms with Gasteiger partial charge in [0.15, 0.2) is 0 Å². The number of ketones is 1. The average Bonchev–Trinajstić information content (AvgIpc) is 2.22. The Morgan fingerprint density at radius 3 is 2.46 bits per heavy atom. The topological polar surface area (TPSA) is 43.4 Å². The number of esters is 1. The van der Waals surface area contributed by atoms with E-state index in [1.54, 1.807) is 6.92 Å². The Hall–Kier alpha value is -0.860. The molecule has 0 aromatic carbocycles. The number of rotatable bonds is 2. The molecule has 3 nitrogen and oxygen atoms in total. The SMILES string of the molecule is CC(=O)C(C)C1CC(=O)OC1(C)C. The second-order valence-corrected chi connectivity index (χ2v) is 4.29. The summed E-state index contributed by atoms with van der Waals surface area (Å²) in [5.74, 6) is -0.140. The van der Waals surface area contributed by atoms with E-state index < -0.39 is 5.60 Å². The molecule has 1 rings (SSSR count). The van der Waals surface area contributed by atoms with Gasteiger partial charge in [0.2, 0.25) is 0 Å². The number of cyclic esters (lactones) is 1. The summed E-state index contributed by atoms with van der Waals surface area (Å²) in [6, 6.07) is 0. The van der Waals surface area contributed by atoms with Crippen LogP contribution in [0.3, 0.4) is 0 Å². The molecule has 2 unspecified atom stereocenters. The Labute approximate surface area is 78.5 Å². The molecule has 0 aromatic heterocycles. The molecule has 1 aliphatic rings. The van der Waals surface area contributed by atoms with E-state index in [2.05, 4.69) is 0 Å². The van der Waals surface area contributed by atoms with Gasteiger partial charge < -0.3 is 4.74 Å². The van der Waals surface area contributed by atoms with Crippen LogP contribution in [0.2, 0.25) is 0 Å². The van der Waals surface area contributed by atoms with Gasteiger partial charge in [-0.25, -0.2) is 0 Å². The van der Waals surface area contributed by atoms with Gasteiger partial charge in [0.05, 0.1) is 6.42 Å². The van der Waals surface area contributed by atoms with E-state index in [0.717, 1.165) is 0 Å². The molecule has 1 fully saturated rings. The second-order valence-electron chi connectivity index (χ2n) is 4.29. The minimum Gasteiger partial charge on any atom is -0.459 e. The predicted octanol–water partition coefficient (Wildman–Crippen LogP) is 1.55. The summed E-state index contributed by atoms with van der Waals surface area (Å²) < 4.78 is 5.14. The third-order valence-electron chi connectivity index (χ3n) is 2.90. The van der Waals surface area contributed by atoms with Gasteiger partial charge in [-0.05, 0) is 20.8 Å². The van der Waals surface area contributed by atoms with Crippen molar-refractivity contribution in [3.05, 3.63) is 0 Å². The van der Waals surface area contributed by atoms with Crippen LogP contribution in [0.1, 0.15) is 34.1 Å². The largest absolute Gasteiger partial charge is 0.459 e. The zero-order chi connectivity index (χ0) is 10.2. The Balaban J connectivity index is 2.80. The monoisotopic (exact) mass is 184 g/mol. The van der Waals surface area contributed by atoms with Crippen molar-refractivity contribution in [1.29, 1.82) is 0 Å². The van der Waals surface area contributed by atoms with Crippen LogP contribution in [0.4, 0.5) is 0 Å². The number of ether oxygens (including phenoxy) is 1. The van der Waals surface area contributed by atoms with Crippen LogP contribution >= 0.6 is 0 Å². The molecular formula is C10H16O3. The molecular weight excluding hydrogens is 168 g/mol. The normalized spacial score (nSPS) is 28.3. The fourth-order valence-corrected chi connectivity index (χ4v) is 1.90. The predicted molar refractivity (Wildman–Crippen MR) is 48.1 cm³/mol. The molecule has 0 bridgehead atoms. The third-order valence-corrected chi connectivity index (χ3v) is 2.90. The fraction of sp³-hybridized carbons (Fsp3) is 0.800. The molecule has 0 spiro atoms. The molecule has 1 heterocycles. The number of hydrogen-bond acceptors (Lipinski definition) is 3. The molecule has 1 saturated heterocycles. The van der Waals surface area contributed by atoms with Crippen LogP contribution in [-0.4, -0.2) is 17.4 Å². The molecule has 0 radical (unpaired) electrons. The zero-order valence-electron chi connectivity index (χ0n) is 8.59. The van der Waals surface area contributed by atoms with Crippen molar-refractivity contribution in [2.24, 2.45) is 11.8 Å². The summed E-state index contributed by atoms with van der Waals surface area (Å²) in [5.41, 5.74) is -0.484. The number of hydrogen-bond donors (Lipinski definition) is 0. The van der Waals surface area contributed by atoms with Crippen molar-refractivity contribution in [3.8, 4) is 0 Å². The molecule has 1 aliphatic heterocycles. The van der Waals surface area contributed by atoms with Gasteiger partial charge in [-0.15, -0.1) is 0 Å². The number of Topliss-reactive ketones (excluding diaryl/α,β-unsaturated/α-hetero) is 1. The lowest BCUT2D eigenvalue weighted by Crippen LogP contribution is -2.34. The van der Waals surface area contributed by atoms with Crippen molar-refractivity contribution >= 4 is 11.8 Å². The highest BCUT2D eigenvalue weighted by molar-refractivity contribution is 5.80. The molecule has 2 atom stereocenters.